The molecule has 0 amide bonds. The quantitative estimate of drug-likeness (QED) is 0.911. The van der Waals surface area contributed by atoms with E-state index >= 15 is 0 Å². The predicted octanol–water partition coefficient (Wildman–Crippen LogP) is 2.58. The highest BCUT2D eigenvalue weighted by atomic mass is 35.5. The Labute approximate surface area is 104 Å². The summed E-state index contributed by atoms with van der Waals surface area (Å²) in [6, 6.07) is 4.79. The van der Waals surface area contributed by atoms with Crippen molar-refractivity contribution in [1.82, 2.24) is 15.3 Å². The van der Waals surface area contributed by atoms with Gasteiger partial charge in [-0.1, -0.05) is 11.6 Å². The number of nitrogens with zero attached hydrogens (tertiary/aromatic N) is 2. The number of nitrogens with one attached hydrogen (secondary N) is 1. The van der Waals surface area contributed by atoms with E-state index in [2.05, 4.69) is 15.3 Å². The lowest BCUT2D eigenvalue weighted by Gasteiger charge is -2.15. The van der Waals surface area contributed by atoms with Crippen LogP contribution in [0.25, 0.3) is 0 Å². The second kappa shape index (κ2) is 5.21. The zero-order valence-electron chi connectivity index (χ0n) is 9.19. The fraction of sp³-hybridized carbons (Fsp3) is 0.167. The number of pyridine rings is 2. The summed E-state index contributed by atoms with van der Waals surface area (Å²) in [7, 11) is 1.78. The van der Waals surface area contributed by atoms with Gasteiger partial charge in [-0.05, 0) is 30.8 Å². The first-order valence-corrected chi connectivity index (χ1v) is 5.47. The third-order valence-corrected chi connectivity index (χ3v) is 2.62. The molecule has 2 heterocycles. The Kier molecular flexibility index (Phi) is 3.66. The fourth-order valence-corrected chi connectivity index (χ4v) is 1.74. The standard InChI is InChI=1S/C12H11ClFN3/c1-15-12(8-4-10(14)7-16-5-8)11-3-2-9(13)6-17-11/h2-7,12,15H,1H3. The fourth-order valence-electron chi connectivity index (χ4n) is 1.63. The molecule has 0 radical (unpaired) electrons. The van der Waals surface area contributed by atoms with Gasteiger partial charge in [0.25, 0.3) is 0 Å². The summed E-state index contributed by atoms with van der Waals surface area (Å²) < 4.78 is 13.1. The molecule has 2 rings (SSSR count). The molecule has 0 fully saturated rings. The van der Waals surface area contributed by atoms with E-state index in [1.807, 2.05) is 0 Å². The number of hydrogen-bond donors (Lipinski definition) is 1. The van der Waals surface area contributed by atoms with Gasteiger partial charge in [0.2, 0.25) is 0 Å². The van der Waals surface area contributed by atoms with Crippen LogP contribution in [0.4, 0.5) is 4.39 Å². The van der Waals surface area contributed by atoms with E-state index in [0.717, 1.165) is 11.3 Å². The van der Waals surface area contributed by atoms with E-state index in [1.54, 1.807) is 31.6 Å². The molecule has 1 atom stereocenters. The molecule has 0 aliphatic heterocycles. The third kappa shape index (κ3) is 2.78. The van der Waals surface area contributed by atoms with Crippen molar-refractivity contribution in [3.8, 4) is 0 Å². The van der Waals surface area contributed by atoms with Crippen molar-refractivity contribution in [2.75, 3.05) is 7.05 Å². The van der Waals surface area contributed by atoms with Crippen LogP contribution in [0.3, 0.4) is 0 Å². The van der Waals surface area contributed by atoms with E-state index in [4.69, 9.17) is 11.6 Å². The number of rotatable bonds is 3. The minimum atomic E-state index is -0.364. The minimum absolute atomic E-state index is 0.199. The molecule has 0 spiro atoms. The highest BCUT2D eigenvalue weighted by Gasteiger charge is 2.14. The van der Waals surface area contributed by atoms with Crippen molar-refractivity contribution in [2.24, 2.45) is 0 Å². The first-order valence-electron chi connectivity index (χ1n) is 5.10. The second-order valence-corrected chi connectivity index (χ2v) is 4.00. The Bertz CT molecular complexity index is 501. The molecule has 0 saturated heterocycles. The van der Waals surface area contributed by atoms with Crippen molar-refractivity contribution in [1.29, 1.82) is 0 Å². The van der Waals surface area contributed by atoms with Gasteiger partial charge in [0, 0.05) is 12.4 Å². The van der Waals surface area contributed by atoms with Gasteiger partial charge < -0.3 is 5.32 Å². The molecule has 2 aromatic heterocycles. The van der Waals surface area contributed by atoms with Crippen molar-refractivity contribution < 1.29 is 4.39 Å². The highest BCUT2D eigenvalue weighted by molar-refractivity contribution is 6.30. The SMILES string of the molecule is CNC(c1cncc(F)c1)c1ccc(Cl)cn1. The minimum Gasteiger partial charge on any atom is -0.308 e. The average molecular weight is 252 g/mol. The summed E-state index contributed by atoms with van der Waals surface area (Å²) in [5.74, 6) is -0.364. The Hall–Kier alpha value is -1.52. The van der Waals surface area contributed by atoms with Crippen LogP contribution in [0.5, 0.6) is 0 Å². The lowest BCUT2D eigenvalue weighted by molar-refractivity contribution is 0.606. The van der Waals surface area contributed by atoms with E-state index in [0.29, 0.717) is 5.02 Å². The van der Waals surface area contributed by atoms with E-state index in [9.17, 15) is 4.39 Å². The summed E-state index contributed by atoms with van der Waals surface area (Å²) in [5.41, 5.74) is 1.49. The van der Waals surface area contributed by atoms with E-state index < -0.39 is 0 Å². The molecule has 0 bridgehead atoms. The van der Waals surface area contributed by atoms with Gasteiger partial charge in [-0.3, -0.25) is 9.97 Å². The largest absolute Gasteiger partial charge is 0.308 e. The summed E-state index contributed by atoms with van der Waals surface area (Å²) in [5, 5.41) is 3.64. The summed E-state index contributed by atoms with van der Waals surface area (Å²) in [4.78, 5) is 8.04. The molecular formula is C12H11ClFN3. The Morgan fingerprint density at radius 2 is 2.12 bits per heavy atom. The zero-order chi connectivity index (χ0) is 12.3. The molecule has 1 unspecified atom stereocenters. The van der Waals surface area contributed by atoms with Crippen LogP contribution in [-0.2, 0) is 0 Å². The summed E-state index contributed by atoms with van der Waals surface area (Å²) in [6.45, 7) is 0. The van der Waals surface area contributed by atoms with Crippen LogP contribution in [0.1, 0.15) is 17.3 Å². The Morgan fingerprint density at radius 3 is 2.71 bits per heavy atom. The smallest absolute Gasteiger partial charge is 0.141 e. The van der Waals surface area contributed by atoms with Gasteiger partial charge in [0.15, 0.2) is 0 Å². The van der Waals surface area contributed by atoms with Crippen LogP contribution < -0.4 is 5.32 Å². The first-order chi connectivity index (χ1) is 8.20. The molecule has 3 nitrogen and oxygen atoms in total. The van der Waals surface area contributed by atoms with Crippen LogP contribution in [0.15, 0.2) is 36.8 Å². The maximum absolute atomic E-state index is 13.1. The number of aromatic nitrogens is 2. The summed E-state index contributed by atoms with van der Waals surface area (Å²) in [6.07, 6.45) is 4.35. The van der Waals surface area contributed by atoms with Gasteiger partial charge in [-0.25, -0.2) is 4.39 Å². The molecule has 1 N–H and O–H groups in total. The van der Waals surface area contributed by atoms with Gasteiger partial charge in [0.05, 0.1) is 23.0 Å². The molecule has 0 saturated carbocycles. The van der Waals surface area contributed by atoms with Crippen LogP contribution in [0, 0.1) is 5.82 Å². The van der Waals surface area contributed by atoms with Crippen molar-refractivity contribution in [2.45, 2.75) is 6.04 Å². The highest BCUT2D eigenvalue weighted by Crippen LogP contribution is 2.20. The van der Waals surface area contributed by atoms with Crippen LogP contribution in [-0.4, -0.2) is 17.0 Å². The predicted molar refractivity (Wildman–Crippen MR) is 64.3 cm³/mol. The van der Waals surface area contributed by atoms with Gasteiger partial charge >= 0.3 is 0 Å². The third-order valence-electron chi connectivity index (χ3n) is 2.39. The molecule has 0 aromatic carbocycles. The second-order valence-electron chi connectivity index (χ2n) is 3.56. The topological polar surface area (TPSA) is 37.8 Å². The monoisotopic (exact) mass is 251 g/mol. The molecule has 0 aliphatic rings. The van der Waals surface area contributed by atoms with Crippen molar-refractivity contribution >= 4 is 11.6 Å². The lowest BCUT2D eigenvalue weighted by atomic mass is 10.1. The van der Waals surface area contributed by atoms with E-state index in [1.165, 1.54) is 12.3 Å². The number of hydrogen-bond acceptors (Lipinski definition) is 3. The molecule has 2 aromatic rings. The number of halogens is 2. The van der Waals surface area contributed by atoms with Gasteiger partial charge in [-0.15, -0.1) is 0 Å². The lowest BCUT2D eigenvalue weighted by Crippen LogP contribution is -2.19. The Balaban J connectivity index is 2.36. The summed E-state index contributed by atoms with van der Waals surface area (Å²) >= 11 is 5.78. The van der Waals surface area contributed by atoms with Gasteiger partial charge in [-0.2, -0.15) is 0 Å². The zero-order valence-corrected chi connectivity index (χ0v) is 9.95. The molecule has 0 aliphatic carbocycles. The molecule has 5 heteroatoms. The van der Waals surface area contributed by atoms with Crippen LogP contribution >= 0.6 is 11.6 Å². The van der Waals surface area contributed by atoms with E-state index in [-0.39, 0.29) is 11.9 Å². The molecule has 88 valence electrons. The molecule has 17 heavy (non-hydrogen) atoms. The van der Waals surface area contributed by atoms with Crippen molar-refractivity contribution in [3.63, 3.8) is 0 Å². The Morgan fingerprint density at radius 1 is 1.29 bits per heavy atom. The maximum atomic E-state index is 13.1. The first kappa shape index (κ1) is 12.0. The van der Waals surface area contributed by atoms with Crippen LogP contribution in [0.2, 0.25) is 5.02 Å². The maximum Gasteiger partial charge on any atom is 0.141 e. The van der Waals surface area contributed by atoms with Gasteiger partial charge in [0.1, 0.15) is 5.82 Å². The average Bonchev–Trinajstić information content (AvgIpc) is 2.33. The van der Waals surface area contributed by atoms with Crippen molar-refractivity contribution in [3.05, 3.63) is 58.9 Å². The normalized spacial score (nSPS) is 12.4. The molecular weight excluding hydrogens is 241 g/mol.